The van der Waals surface area contributed by atoms with Crippen molar-refractivity contribution in [1.82, 2.24) is 4.98 Å². The van der Waals surface area contributed by atoms with Gasteiger partial charge >= 0.3 is 5.97 Å². The Labute approximate surface area is 194 Å². The molecule has 6 nitrogen and oxygen atoms in total. The van der Waals surface area contributed by atoms with Crippen molar-refractivity contribution >= 4 is 29.0 Å². The van der Waals surface area contributed by atoms with Crippen LogP contribution in [0.15, 0.2) is 92.7 Å². The Morgan fingerprint density at radius 2 is 1.74 bits per heavy atom. The van der Waals surface area contributed by atoms with Crippen molar-refractivity contribution < 1.29 is 22.8 Å². The Balaban J connectivity index is 1.32. The molecule has 0 fully saturated rings. The Bertz CT molecular complexity index is 1480. The number of esters is 1. The van der Waals surface area contributed by atoms with E-state index in [1.807, 2.05) is 30.3 Å². The first-order chi connectivity index (χ1) is 16.6. The molecule has 0 bridgehead atoms. The van der Waals surface area contributed by atoms with Crippen molar-refractivity contribution in [3.05, 3.63) is 96.0 Å². The molecule has 2 heterocycles. The minimum absolute atomic E-state index is 0.314. The summed E-state index contributed by atoms with van der Waals surface area (Å²) in [5.41, 5.74) is 3.97. The highest BCUT2D eigenvalue weighted by Gasteiger charge is 2.10. The van der Waals surface area contributed by atoms with E-state index in [0.29, 0.717) is 51.9 Å². The van der Waals surface area contributed by atoms with Gasteiger partial charge in [0.2, 0.25) is 5.89 Å². The molecule has 0 saturated carbocycles. The fourth-order valence-corrected chi connectivity index (χ4v) is 3.41. The highest BCUT2D eigenvalue weighted by Crippen LogP contribution is 2.28. The maximum Gasteiger partial charge on any atom is 0.338 e. The highest BCUT2D eigenvalue weighted by atomic mass is 19.1. The minimum Gasteiger partial charge on any atom is -0.462 e. The number of nitrogens with zero attached hydrogens (tertiary/aromatic N) is 2. The zero-order valence-corrected chi connectivity index (χ0v) is 18.2. The Kier molecular flexibility index (Phi) is 5.74. The van der Waals surface area contributed by atoms with Gasteiger partial charge in [-0.2, -0.15) is 0 Å². The van der Waals surface area contributed by atoms with Crippen LogP contribution in [-0.2, 0) is 4.74 Å². The Hall–Kier alpha value is -4.52. The van der Waals surface area contributed by atoms with E-state index in [-0.39, 0.29) is 11.8 Å². The monoisotopic (exact) mass is 454 g/mol. The predicted molar refractivity (Wildman–Crippen MR) is 127 cm³/mol. The Morgan fingerprint density at radius 1 is 0.971 bits per heavy atom. The quantitative estimate of drug-likeness (QED) is 0.208. The van der Waals surface area contributed by atoms with Crippen molar-refractivity contribution in [2.24, 2.45) is 4.99 Å². The summed E-state index contributed by atoms with van der Waals surface area (Å²) < 4.78 is 29.8. The number of carbonyl (C=O) groups is 1. The van der Waals surface area contributed by atoms with E-state index in [2.05, 4.69) is 9.98 Å². The molecule has 0 amide bonds. The molecule has 168 valence electrons. The summed E-state index contributed by atoms with van der Waals surface area (Å²) in [6.45, 7) is 2.10. The van der Waals surface area contributed by atoms with Crippen LogP contribution in [0.1, 0.15) is 23.0 Å². The average molecular weight is 454 g/mol. The molecule has 34 heavy (non-hydrogen) atoms. The maximum atomic E-state index is 13.2. The van der Waals surface area contributed by atoms with Crippen molar-refractivity contribution in [3.63, 3.8) is 0 Å². The molecule has 0 radical (unpaired) electrons. The number of halogens is 1. The fraction of sp³-hybridized carbons (Fsp3) is 0.0741. The summed E-state index contributed by atoms with van der Waals surface area (Å²) in [5, 5.41) is 0. The van der Waals surface area contributed by atoms with Crippen LogP contribution in [-0.4, -0.2) is 23.8 Å². The van der Waals surface area contributed by atoms with Gasteiger partial charge in [0.1, 0.15) is 22.9 Å². The number of carbonyl (C=O) groups excluding carboxylic acids is 1. The smallest absolute Gasteiger partial charge is 0.338 e. The molecule has 0 spiro atoms. The van der Waals surface area contributed by atoms with E-state index in [0.717, 1.165) is 5.56 Å². The number of aliphatic imine (C=N–C) groups is 1. The summed E-state index contributed by atoms with van der Waals surface area (Å²) in [6.07, 6.45) is 1.62. The molecule has 0 unspecified atom stereocenters. The van der Waals surface area contributed by atoms with E-state index in [1.54, 1.807) is 49.5 Å². The predicted octanol–water partition coefficient (Wildman–Crippen LogP) is 6.82. The molecule has 5 rings (SSSR count). The van der Waals surface area contributed by atoms with Gasteiger partial charge in [-0.15, -0.1) is 0 Å². The van der Waals surface area contributed by atoms with Gasteiger partial charge in [0, 0.05) is 11.1 Å². The fourth-order valence-electron chi connectivity index (χ4n) is 3.41. The number of hydrogen-bond donors (Lipinski definition) is 0. The second-order valence-electron chi connectivity index (χ2n) is 7.44. The molecule has 7 heteroatoms. The number of benzene rings is 3. The summed E-state index contributed by atoms with van der Waals surface area (Å²) in [6, 6.07) is 22.1. The number of rotatable bonds is 6. The van der Waals surface area contributed by atoms with Crippen LogP contribution in [0.2, 0.25) is 0 Å². The van der Waals surface area contributed by atoms with Gasteiger partial charge in [0.15, 0.2) is 5.58 Å². The van der Waals surface area contributed by atoms with Gasteiger partial charge in [-0.3, -0.25) is 4.99 Å². The lowest BCUT2D eigenvalue weighted by Crippen LogP contribution is -2.03. The van der Waals surface area contributed by atoms with Crippen LogP contribution in [0.4, 0.5) is 10.1 Å². The van der Waals surface area contributed by atoms with Crippen molar-refractivity contribution in [2.75, 3.05) is 6.61 Å². The number of fused-ring (bicyclic) bond motifs is 1. The third kappa shape index (κ3) is 4.49. The van der Waals surface area contributed by atoms with Crippen LogP contribution >= 0.6 is 0 Å². The maximum absolute atomic E-state index is 13.2. The second-order valence-corrected chi connectivity index (χ2v) is 7.44. The van der Waals surface area contributed by atoms with Gasteiger partial charge in [0.05, 0.1) is 24.1 Å². The van der Waals surface area contributed by atoms with Crippen LogP contribution < -0.4 is 0 Å². The van der Waals surface area contributed by atoms with Crippen molar-refractivity contribution in [1.29, 1.82) is 0 Å². The number of ether oxygens (including phenoxy) is 1. The van der Waals surface area contributed by atoms with Crippen molar-refractivity contribution in [2.45, 2.75) is 6.92 Å². The van der Waals surface area contributed by atoms with E-state index in [4.69, 9.17) is 13.6 Å². The molecule has 0 saturated heterocycles. The lowest BCUT2D eigenvalue weighted by molar-refractivity contribution is 0.0526. The average Bonchev–Trinajstić information content (AvgIpc) is 3.50. The van der Waals surface area contributed by atoms with Gasteiger partial charge in [-0.25, -0.2) is 14.2 Å². The van der Waals surface area contributed by atoms with Crippen LogP contribution in [0.5, 0.6) is 0 Å². The minimum atomic E-state index is -0.352. The number of aromatic nitrogens is 1. The normalized spacial score (nSPS) is 11.4. The lowest BCUT2D eigenvalue weighted by atomic mass is 10.1. The third-order valence-corrected chi connectivity index (χ3v) is 5.11. The first kappa shape index (κ1) is 21.3. The van der Waals surface area contributed by atoms with Gasteiger partial charge in [-0.05, 0) is 73.7 Å². The molecule has 0 N–H and O–H groups in total. The van der Waals surface area contributed by atoms with Gasteiger partial charge in [0.25, 0.3) is 0 Å². The summed E-state index contributed by atoms with van der Waals surface area (Å²) >= 11 is 0. The highest BCUT2D eigenvalue weighted by molar-refractivity contribution is 5.90. The van der Waals surface area contributed by atoms with E-state index in [1.165, 1.54) is 12.1 Å². The molecule has 3 aromatic carbocycles. The largest absolute Gasteiger partial charge is 0.462 e. The van der Waals surface area contributed by atoms with E-state index in [9.17, 15) is 9.18 Å². The van der Waals surface area contributed by atoms with Crippen LogP contribution in [0.3, 0.4) is 0 Å². The first-order valence-corrected chi connectivity index (χ1v) is 10.7. The number of furan rings is 1. The second kappa shape index (κ2) is 9.15. The van der Waals surface area contributed by atoms with Crippen molar-refractivity contribution in [3.8, 4) is 22.8 Å². The molecule has 2 aromatic heterocycles. The number of oxazole rings is 1. The standard InChI is InChI=1S/C27H19FN2O4/c1-2-32-27(31)19-5-3-17(4-6-19)24-14-12-22(33-24)16-29-21-11-13-25-23(15-21)30-26(34-25)18-7-9-20(28)10-8-18/h3-16H,2H2,1H3. The topological polar surface area (TPSA) is 77.8 Å². The number of hydrogen-bond acceptors (Lipinski definition) is 6. The third-order valence-electron chi connectivity index (χ3n) is 5.11. The molecule has 0 aliphatic rings. The summed E-state index contributed by atoms with van der Waals surface area (Å²) in [5.74, 6) is 0.992. The zero-order valence-electron chi connectivity index (χ0n) is 18.2. The molecular weight excluding hydrogens is 435 g/mol. The molecular formula is C27H19FN2O4. The summed E-state index contributed by atoms with van der Waals surface area (Å²) in [7, 11) is 0. The van der Waals surface area contributed by atoms with E-state index >= 15 is 0 Å². The van der Waals surface area contributed by atoms with Gasteiger partial charge in [-0.1, -0.05) is 12.1 Å². The Morgan fingerprint density at radius 3 is 2.50 bits per heavy atom. The molecule has 0 atom stereocenters. The lowest BCUT2D eigenvalue weighted by Gasteiger charge is -2.02. The van der Waals surface area contributed by atoms with Crippen LogP contribution in [0, 0.1) is 5.82 Å². The van der Waals surface area contributed by atoms with E-state index < -0.39 is 0 Å². The first-order valence-electron chi connectivity index (χ1n) is 10.7. The zero-order chi connectivity index (χ0) is 23.5. The van der Waals surface area contributed by atoms with Crippen LogP contribution in [0.25, 0.3) is 33.9 Å². The SMILES string of the molecule is CCOC(=O)c1ccc(-c2ccc(C=Nc3ccc4oc(-c5ccc(F)cc5)nc4c3)o2)cc1. The molecule has 0 aliphatic heterocycles. The summed E-state index contributed by atoms with van der Waals surface area (Å²) in [4.78, 5) is 20.8. The molecule has 0 aliphatic carbocycles. The molecule has 5 aromatic rings. The van der Waals surface area contributed by atoms with Gasteiger partial charge < -0.3 is 13.6 Å².